The van der Waals surface area contributed by atoms with E-state index in [2.05, 4.69) is 5.10 Å². The topological polar surface area (TPSA) is 139 Å². The lowest BCUT2D eigenvalue weighted by Gasteiger charge is -2.13. The number of nitro groups is 1. The highest BCUT2D eigenvalue weighted by molar-refractivity contribution is 6.07. The molecule has 5 rings (SSSR count). The van der Waals surface area contributed by atoms with E-state index in [1.165, 1.54) is 36.5 Å². The molecule has 2 aromatic carbocycles. The summed E-state index contributed by atoms with van der Waals surface area (Å²) in [5, 5.41) is 25.2. The molecule has 1 saturated carbocycles. The number of benzene rings is 2. The van der Waals surface area contributed by atoms with Crippen molar-refractivity contribution < 1.29 is 29.2 Å². The van der Waals surface area contributed by atoms with E-state index in [9.17, 15) is 24.5 Å². The number of amides is 2. The predicted octanol–water partition coefficient (Wildman–Crippen LogP) is 3.01. The average Bonchev–Trinajstić information content (AvgIpc) is 3.51. The number of nitrogens with zero attached hydrogens (tertiary/aromatic N) is 3. The molecule has 1 N–H and O–H groups in total. The quantitative estimate of drug-likeness (QED) is 0.220. The van der Waals surface area contributed by atoms with E-state index >= 15 is 0 Å². The van der Waals surface area contributed by atoms with E-state index < -0.39 is 22.7 Å². The number of ether oxygens (including phenoxy) is 1. The van der Waals surface area contributed by atoms with Crippen LogP contribution in [-0.2, 0) is 16.2 Å². The van der Waals surface area contributed by atoms with Gasteiger partial charge in [-0.1, -0.05) is 24.3 Å². The first kappa shape index (κ1) is 21.5. The van der Waals surface area contributed by atoms with Crippen molar-refractivity contribution in [2.24, 2.45) is 28.8 Å². The van der Waals surface area contributed by atoms with Crippen LogP contribution in [-0.4, -0.2) is 39.0 Å². The predicted molar refractivity (Wildman–Crippen MR) is 118 cm³/mol. The number of non-ortho nitro benzene ring substituents is 1. The van der Waals surface area contributed by atoms with Gasteiger partial charge in [-0.05, 0) is 42.0 Å². The number of hydrogen-bond donors (Lipinski definition) is 1. The van der Waals surface area contributed by atoms with Crippen LogP contribution >= 0.6 is 0 Å². The lowest BCUT2D eigenvalue weighted by molar-refractivity contribution is -0.384. The van der Waals surface area contributed by atoms with Crippen molar-refractivity contribution in [1.29, 1.82) is 0 Å². The summed E-state index contributed by atoms with van der Waals surface area (Å²) in [4.78, 5) is 47.3. The lowest BCUT2D eigenvalue weighted by Crippen LogP contribution is -2.28. The molecule has 2 aromatic rings. The number of nitro benzene ring substituents is 1. The highest BCUT2D eigenvalue weighted by Gasteiger charge is 2.59. The maximum absolute atomic E-state index is 12.8. The summed E-state index contributed by atoms with van der Waals surface area (Å²) in [5.74, 6) is -2.17. The summed E-state index contributed by atoms with van der Waals surface area (Å²) >= 11 is 0. The summed E-state index contributed by atoms with van der Waals surface area (Å²) in [7, 11) is 0. The minimum absolute atomic E-state index is 0.0517. The van der Waals surface area contributed by atoms with Gasteiger partial charge in [-0.15, -0.1) is 0 Å². The Morgan fingerprint density at radius 1 is 1.12 bits per heavy atom. The highest BCUT2D eigenvalue weighted by atomic mass is 16.6. The van der Waals surface area contributed by atoms with Gasteiger partial charge in [0.1, 0.15) is 12.4 Å². The number of aromatic carboxylic acids is 1. The number of carbonyl (C=O) groups excluding carboxylic acids is 2. The number of imide groups is 1. The Bertz CT molecular complexity index is 1240. The zero-order chi connectivity index (χ0) is 24.0. The van der Waals surface area contributed by atoms with E-state index in [1.807, 2.05) is 12.2 Å². The summed E-state index contributed by atoms with van der Waals surface area (Å²) in [5.41, 5.74) is 0.861. The fourth-order valence-corrected chi connectivity index (χ4v) is 4.91. The maximum Gasteiger partial charge on any atom is 0.335 e. The molecule has 1 saturated heterocycles. The average molecular weight is 461 g/mol. The van der Waals surface area contributed by atoms with Crippen LogP contribution < -0.4 is 4.74 Å². The molecule has 10 nitrogen and oxygen atoms in total. The second kappa shape index (κ2) is 8.22. The molecule has 3 aliphatic rings. The van der Waals surface area contributed by atoms with Crippen molar-refractivity contribution in [2.45, 2.75) is 13.0 Å². The van der Waals surface area contributed by atoms with Gasteiger partial charge in [-0.2, -0.15) is 10.1 Å². The van der Waals surface area contributed by atoms with Crippen LogP contribution in [0.15, 0.2) is 59.7 Å². The molecule has 4 atom stereocenters. The lowest BCUT2D eigenvalue weighted by atomic mass is 9.85. The molecule has 1 heterocycles. The number of carbonyl (C=O) groups is 3. The SMILES string of the molecule is O=C(O)c1ccc(COc2ccc([N+](=O)[O-])cc2C=NN2C(=O)C3C4C=CC(C4)C3C2=O)cc1. The molecule has 0 spiro atoms. The van der Waals surface area contributed by atoms with Crippen LogP contribution in [0.2, 0.25) is 0 Å². The first-order chi connectivity index (χ1) is 16.3. The van der Waals surface area contributed by atoms with Crippen molar-refractivity contribution in [2.75, 3.05) is 0 Å². The molecule has 1 aliphatic heterocycles. The summed E-state index contributed by atoms with van der Waals surface area (Å²) in [6.07, 6.45) is 6.00. The smallest absolute Gasteiger partial charge is 0.335 e. The maximum atomic E-state index is 12.8. The Hall–Kier alpha value is -4.34. The normalized spacial score (nSPS) is 24.8. The third-order valence-corrected chi connectivity index (χ3v) is 6.56. The largest absolute Gasteiger partial charge is 0.488 e. The van der Waals surface area contributed by atoms with Crippen molar-refractivity contribution in [3.8, 4) is 5.75 Å². The molecule has 0 aromatic heterocycles. The van der Waals surface area contributed by atoms with Crippen LogP contribution in [0.1, 0.15) is 27.9 Å². The van der Waals surface area contributed by atoms with Crippen LogP contribution in [0.3, 0.4) is 0 Å². The number of carboxylic acid groups (broad SMARTS) is 1. The van der Waals surface area contributed by atoms with Gasteiger partial charge in [-0.25, -0.2) is 4.79 Å². The van der Waals surface area contributed by atoms with Crippen molar-refractivity contribution >= 4 is 29.7 Å². The zero-order valence-corrected chi connectivity index (χ0v) is 17.7. The molecule has 2 amide bonds. The van der Waals surface area contributed by atoms with Gasteiger partial charge in [0, 0.05) is 17.7 Å². The van der Waals surface area contributed by atoms with Gasteiger partial charge in [0.05, 0.1) is 28.5 Å². The zero-order valence-electron chi connectivity index (χ0n) is 17.7. The van der Waals surface area contributed by atoms with Crippen LogP contribution in [0.5, 0.6) is 5.75 Å². The number of allylic oxidation sites excluding steroid dienone is 2. The second-order valence-corrected chi connectivity index (χ2v) is 8.50. The van der Waals surface area contributed by atoms with E-state index in [0.717, 1.165) is 11.4 Å². The minimum Gasteiger partial charge on any atom is -0.488 e. The van der Waals surface area contributed by atoms with Gasteiger partial charge in [0.2, 0.25) is 0 Å². The van der Waals surface area contributed by atoms with Crippen LogP contribution in [0.25, 0.3) is 0 Å². The number of hydrazone groups is 1. The van der Waals surface area contributed by atoms with E-state index in [-0.39, 0.29) is 52.8 Å². The molecule has 0 radical (unpaired) electrons. The second-order valence-electron chi connectivity index (χ2n) is 8.50. The van der Waals surface area contributed by atoms with Crippen molar-refractivity contribution in [3.05, 3.63) is 81.4 Å². The van der Waals surface area contributed by atoms with E-state index in [1.54, 1.807) is 12.1 Å². The van der Waals surface area contributed by atoms with Gasteiger partial charge >= 0.3 is 5.97 Å². The van der Waals surface area contributed by atoms with E-state index in [0.29, 0.717) is 5.56 Å². The fraction of sp³-hybridized carbons (Fsp3) is 0.250. The number of fused-ring (bicyclic) bond motifs is 5. The summed E-state index contributed by atoms with van der Waals surface area (Å²) < 4.78 is 5.79. The Balaban J connectivity index is 1.37. The number of hydrogen-bond acceptors (Lipinski definition) is 7. The van der Waals surface area contributed by atoms with Gasteiger partial charge in [0.15, 0.2) is 0 Å². The Morgan fingerprint density at radius 2 is 1.76 bits per heavy atom. The Kier molecular flexibility index (Phi) is 5.20. The third kappa shape index (κ3) is 3.62. The molecule has 2 bridgehead atoms. The van der Waals surface area contributed by atoms with Crippen LogP contribution in [0.4, 0.5) is 5.69 Å². The molecule has 2 fully saturated rings. The molecule has 34 heavy (non-hydrogen) atoms. The first-order valence-electron chi connectivity index (χ1n) is 10.7. The molecule has 172 valence electrons. The highest BCUT2D eigenvalue weighted by Crippen LogP contribution is 2.52. The summed E-state index contributed by atoms with van der Waals surface area (Å²) in [6.45, 7) is 0.0688. The summed E-state index contributed by atoms with van der Waals surface area (Å²) in [6, 6.07) is 10.0. The fourth-order valence-electron chi connectivity index (χ4n) is 4.91. The first-order valence-corrected chi connectivity index (χ1v) is 10.7. The Labute approximate surface area is 193 Å². The molecular weight excluding hydrogens is 442 g/mol. The van der Waals surface area contributed by atoms with Gasteiger partial charge < -0.3 is 9.84 Å². The molecule has 4 unspecified atom stereocenters. The monoisotopic (exact) mass is 461 g/mol. The van der Waals surface area contributed by atoms with Gasteiger partial charge in [0.25, 0.3) is 17.5 Å². The van der Waals surface area contributed by atoms with Crippen LogP contribution in [0, 0.1) is 33.8 Å². The molecule has 2 aliphatic carbocycles. The number of rotatable bonds is 7. The van der Waals surface area contributed by atoms with E-state index in [4.69, 9.17) is 9.84 Å². The van der Waals surface area contributed by atoms with Crippen molar-refractivity contribution in [3.63, 3.8) is 0 Å². The van der Waals surface area contributed by atoms with Gasteiger partial charge in [-0.3, -0.25) is 19.7 Å². The third-order valence-electron chi connectivity index (χ3n) is 6.56. The standard InChI is InChI=1S/C24H19N3O7/c28-22-20-15-5-6-16(9-15)21(20)23(29)26(22)25-11-17-10-18(27(32)33)7-8-19(17)34-12-13-1-3-14(4-2-13)24(30)31/h1-8,10-11,15-16,20-21H,9,12H2,(H,30,31). The number of carboxylic acids is 1. The van der Waals surface area contributed by atoms with Crippen molar-refractivity contribution in [1.82, 2.24) is 5.01 Å². The molecule has 10 heteroatoms. The molecular formula is C24H19N3O7. The Morgan fingerprint density at radius 3 is 2.35 bits per heavy atom. The minimum atomic E-state index is -1.04.